The molecule has 0 spiro atoms. The van der Waals surface area contributed by atoms with Crippen molar-refractivity contribution in [3.8, 4) is 5.69 Å². The molecule has 0 unspecified atom stereocenters. The molecular formula is C17H24IN5. The molecule has 0 amide bonds. The zero-order valence-electron chi connectivity index (χ0n) is 13.4. The largest absolute Gasteiger partial charge is 0.357 e. The van der Waals surface area contributed by atoms with Crippen LogP contribution >= 0.6 is 24.0 Å². The second-order valence-corrected chi connectivity index (χ2v) is 5.61. The molecule has 1 saturated carbocycles. The lowest BCUT2D eigenvalue weighted by molar-refractivity contribution is 0.736. The summed E-state index contributed by atoms with van der Waals surface area (Å²) in [4.78, 5) is 4.61. The number of guanidine groups is 1. The summed E-state index contributed by atoms with van der Waals surface area (Å²) in [6.07, 6.45) is 4.66. The topological polar surface area (TPSA) is 54.2 Å². The van der Waals surface area contributed by atoms with Gasteiger partial charge in [-0.05, 0) is 43.9 Å². The highest BCUT2D eigenvalue weighted by Crippen LogP contribution is 2.27. The maximum Gasteiger partial charge on any atom is 0.191 e. The molecule has 0 saturated heterocycles. The summed E-state index contributed by atoms with van der Waals surface area (Å²) in [5, 5.41) is 11.2. The third kappa shape index (κ3) is 5.53. The number of benzene rings is 1. The first kappa shape index (κ1) is 17.8. The van der Waals surface area contributed by atoms with Crippen molar-refractivity contribution in [1.82, 2.24) is 20.4 Å². The fourth-order valence-electron chi connectivity index (χ4n) is 2.24. The number of rotatable bonds is 6. The smallest absolute Gasteiger partial charge is 0.191 e. The minimum Gasteiger partial charge on any atom is -0.357 e. The average molecular weight is 425 g/mol. The van der Waals surface area contributed by atoms with E-state index < -0.39 is 0 Å². The molecule has 2 N–H and O–H groups in total. The summed E-state index contributed by atoms with van der Waals surface area (Å²) < 4.78 is 1.88. The van der Waals surface area contributed by atoms with Gasteiger partial charge in [-0.1, -0.05) is 18.2 Å². The standard InChI is InChI=1S/C17H23N5.HI/c1-2-18-17(19-12-14-8-9-14)20-13-15-10-11-22(21-15)16-6-4-3-5-7-16;/h3-7,10-11,14H,2,8-9,12-13H2,1H3,(H2,18,19,20);1H. The van der Waals surface area contributed by atoms with E-state index in [0.717, 1.165) is 36.3 Å². The van der Waals surface area contributed by atoms with Gasteiger partial charge in [0, 0.05) is 19.3 Å². The molecule has 23 heavy (non-hydrogen) atoms. The van der Waals surface area contributed by atoms with Gasteiger partial charge in [0.15, 0.2) is 5.96 Å². The Kier molecular flexibility index (Phi) is 6.88. The van der Waals surface area contributed by atoms with Crippen LogP contribution in [0.4, 0.5) is 0 Å². The normalized spacial score (nSPS) is 14.2. The van der Waals surface area contributed by atoms with Crippen LogP contribution < -0.4 is 10.6 Å². The molecular weight excluding hydrogens is 401 g/mol. The Morgan fingerprint density at radius 2 is 2.00 bits per heavy atom. The van der Waals surface area contributed by atoms with E-state index in [4.69, 9.17) is 0 Å². The molecule has 1 fully saturated rings. The molecule has 1 aromatic carbocycles. The third-order valence-electron chi connectivity index (χ3n) is 3.66. The summed E-state index contributed by atoms with van der Waals surface area (Å²) in [7, 11) is 0. The van der Waals surface area contributed by atoms with E-state index >= 15 is 0 Å². The predicted molar refractivity (Wildman–Crippen MR) is 105 cm³/mol. The molecule has 124 valence electrons. The second kappa shape index (κ2) is 8.90. The van der Waals surface area contributed by atoms with Gasteiger partial charge in [0.2, 0.25) is 0 Å². The van der Waals surface area contributed by atoms with Gasteiger partial charge < -0.3 is 10.6 Å². The van der Waals surface area contributed by atoms with Crippen LogP contribution in [-0.2, 0) is 6.54 Å². The Morgan fingerprint density at radius 3 is 2.70 bits per heavy atom. The van der Waals surface area contributed by atoms with Crippen molar-refractivity contribution in [1.29, 1.82) is 0 Å². The molecule has 5 nitrogen and oxygen atoms in total. The van der Waals surface area contributed by atoms with Gasteiger partial charge in [0.05, 0.1) is 17.9 Å². The molecule has 0 aliphatic heterocycles. The maximum absolute atomic E-state index is 4.61. The first-order valence-corrected chi connectivity index (χ1v) is 7.97. The van der Waals surface area contributed by atoms with E-state index in [1.807, 2.05) is 47.3 Å². The monoisotopic (exact) mass is 425 g/mol. The van der Waals surface area contributed by atoms with Crippen molar-refractivity contribution in [3.63, 3.8) is 0 Å². The Hall–Kier alpha value is -1.57. The molecule has 3 rings (SSSR count). The Labute approximate surface area is 154 Å². The highest BCUT2D eigenvalue weighted by Gasteiger charge is 2.21. The van der Waals surface area contributed by atoms with Gasteiger partial charge in [0.1, 0.15) is 0 Å². The van der Waals surface area contributed by atoms with Gasteiger partial charge in [-0.25, -0.2) is 9.67 Å². The fourth-order valence-corrected chi connectivity index (χ4v) is 2.24. The minimum atomic E-state index is 0. The lowest BCUT2D eigenvalue weighted by Crippen LogP contribution is -2.38. The maximum atomic E-state index is 4.61. The zero-order chi connectivity index (χ0) is 15.2. The van der Waals surface area contributed by atoms with Crippen LogP contribution in [-0.4, -0.2) is 28.8 Å². The van der Waals surface area contributed by atoms with E-state index in [2.05, 4.69) is 27.6 Å². The van der Waals surface area contributed by atoms with Crippen molar-refractivity contribution in [2.75, 3.05) is 13.1 Å². The number of aliphatic imine (C=N–C) groups is 1. The molecule has 6 heteroatoms. The summed E-state index contributed by atoms with van der Waals surface area (Å²) in [5.74, 6) is 1.71. The van der Waals surface area contributed by atoms with E-state index in [9.17, 15) is 0 Å². The first-order chi connectivity index (χ1) is 10.8. The van der Waals surface area contributed by atoms with Crippen LogP contribution in [0.1, 0.15) is 25.5 Å². The van der Waals surface area contributed by atoms with Gasteiger partial charge in [0.25, 0.3) is 0 Å². The van der Waals surface area contributed by atoms with Crippen molar-refractivity contribution in [3.05, 3.63) is 48.3 Å². The van der Waals surface area contributed by atoms with Crippen LogP contribution in [0, 0.1) is 5.92 Å². The Morgan fingerprint density at radius 1 is 1.22 bits per heavy atom. The van der Waals surface area contributed by atoms with Gasteiger partial charge in [-0.2, -0.15) is 5.10 Å². The van der Waals surface area contributed by atoms with Crippen molar-refractivity contribution in [2.45, 2.75) is 26.3 Å². The van der Waals surface area contributed by atoms with Crippen LogP contribution in [0.3, 0.4) is 0 Å². The fraction of sp³-hybridized carbons (Fsp3) is 0.412. The van der Waals surface area contributed by atoms with Crippen LogP contribution in [0.15, 0.2) is 47.6 Å². The van der Waals surface area contributed by atoms with E-state index in [0.29, 0.717) is 6.54 Å². The molecule has 2 aromatic rings. The predicted octanol–water partition coefficient (Wildman–Crippen LogP) is 2.96. The summed E-state index contributed by atoms with van der Waals surface area (Å²) in [6, 6.07) is 12.1. The van der Waals surface area contributed by atoms with E-state index in [1.54, 1.807) is 0 Å². The molecule has 1 aliphatic carbocycles. The summed E-state index contributed by atoms with van der Waals surface area (Å²) >= 11 is 0. The number of hydrogen-bond acceptors (Lipinski definition) is 2. The molecule has 0 atom stereocenters. The number of aromatic nitrogens is 2. The van der Waals surface area contributed by atoms with Gasteiger partial charge >= 0.3 is 0 Å². The number of nitrogens with zero attached hydrogens (tertiary/aromatic N) is 3. The van der Waals surface area contributed by atoms with E-state index in [1.165, 1.54) is 12.8 Å². The number of hydrogen-bond donors (Lipinski definition) is 2. The second-order valence-electron chi connectivity index (χ2n) is 5.61. The molecule has 0 bridgehead atoms. The average Bonchev–Trinajstić information content (AvgIpc) is 3.27. The van der Waals surface area contributed by atoms with Crippen LogP contribution in [0.25, 0.3) is 5.69 Å². The number of nitrogens with one attached hydrogen (secondary N) is 2. The van der Waals surface area contributed by atoms with Gasteiger partial charge in [-0.15, -0.1) is 24.0 Å². The number of halogens is 1. The highest BCUT2D eigenvalue weighted by atomic mass is 127. The Balaban J connectivity index is 0.00000192. The van der Waals surface area contributed by atoms with Crippen molar-refractivity contribution < 1.29 is 0 Å². The lowest BCUT2D eigenvalue weighted by atomic mass is 10.3. The summed E-state index contributed by atoms with van der Waals surface area (Å²) in [6.45, 7) is 4.55. The molecule has 1 aliphatic rings. The first-order valence-electron chi connectivity index (χ1n) is 7.97. The van der Waals surface area contributed by atoms with Crippen LogP contribution in [0.2, 0.25) is 0 Å². The molecule has 1 heterocycles. The van der Waals surface area contributed by atoms with Crippen LogP contribution in [0.5, 0.6) is 0 Å². The summed E-state index contributed by atoms with van der Waals surface area (Å²) in [5.41, 5.74) is 2.03. The van der Waals surface area contributed by atoms with E-state index in [-0.39, 0.29) is 24.0 Å². The highest BCUT2D eigenvalue weighted by molar-refractivity contribution is 14.0. The number of para-hydroxylation sites is 1. The van der Waals surface area contributed by atoms with Crippen molar-refractivity contribution in [2.24, 2.45) is 10.9 Å². The third-order valence-corrected chi connectivity index (χ3v) is 3.66. The lowest BCUT2D eigenvalue weighted by Gasteiger charge is -2.10. The van der Waals surface area contributed by atoms with Gasteiger partial charge in [-0.3, -0.25) is 0 Å². The quantitative estimate of drug-likeness (QED) is 0.425. The Bertz CT molecular complexity index is 619. The molecule has 1 aromatic heterocycles. The SMILES string of the molecule is CCNC(=NCc1ccn(-c2ccccc2)n1)NCC1CC1.I. The van der Waals surface area contributed by atoms with Crippen molar-refractivity contribution >= 4 is 29.9 Å². The zero-order valence-corrected chi connectivity index (χ0v) is 15.7. The minimum absolute atomic E-state index is 0. The molecule has 0 radical (unpaired) electrons.